The lowest BCUT2D eigenvalue weighted by Crippen LogP contribution is -2.39. The number of aryl methyl sites for hydroxylation is 1. The van der Waals surface area contributed by atoms with Crippen LogP contribution >= 0.6 is 0 Å². The summed E-state index contributed by atoms with van der Waals surface area (Å²) in [6.45, 7) is 2.84. The van der Waals surface area contributed by atoms with Gasteiger partial charge in [-0.15, -0.1) is 0 Å². The predicted molar refractivity (Wildman–Crippen MR) is 132 cm³/mol. The van der Waals surface area contributed by atoms with Crippen molar-refractivity contribution in [3.8, 4) is 22.5 Å². The van der Waals surface area contributed by atoms with Gasteiger partial charge in [0.25, 0.3) is 5.91 Å². The third-order valence-corrected chi connectivity index (χ3v) is 5.70. The van der Waals surface area contributed by atoms with E-state index in [4.69, 9.17) is 0 Å². The average molecular weight is 583 g/mol. The molecule has 218 valence electrons. The fraction of sp³-hybridized carbons (Fsp3) is 0.308. The number of carbonyl (C=O) groups excluding carboxylic acids is 4. The minimum atomic E-state index is -5.77. The number of rotatable bonds is 7. The number of carbonyl (C=O) groups is 4. The molecule has 2 amide bonds. The lowest BCUT2D eigenvalue weighted by molar-refractivity contribution is -0.193. The Morgan fingerprint density at radius 2 is 1.63 bits per heavy atom. The topological polar surface area (TPSA) is 134 Å². The third-order valence-electron chi connectivity index (χ3n) is 5.70. The summed E-state index contributed by atoms with van der Waals surface area (Å²) in [5, 5.41) is 5.66. The van der Waals surface area contributed by atoms with E-state index in [1.807, 2.05) is 36.5 Å². The summed E-state index contributed by atoms with van der Waals surface area (Å²) in [4.78, 5) is 54.5. The smallest absolute Gasteiger partial charge is 0.358 e. The molecule has 3 N–H and O–H groups in total. The van der Waals surface area contributed by atoms with E-state index in [1.54, 1.807) is 6.20 Å². The molecule has 0 aromatic carbocycles. The fourth-order valence-corrected chi connectivity index (χ4v) is 3.72. The number of halogens is 6. The van der Waals surface area contributed by atoms with Gasteiger partial charge in [-0.05, 0) is 43.2 Å². The number of alkyl halides is 6. The fourth-order valence-electron chi connectivity index (χ4n) is 3.72. The van der Waals surface area contributed by atoms with Crippen LogP contribution in [0.2, 0.25) is 0 Å². The molecule has 0 bridgehead atoms. The Hall–Kier alpha value is -4.56. The van der Waals surface area contributed by atoms with Gasteiger partial charge in [0.15, 0.2) is 0 Å². The highest BCUT2D eigenvalue weighted by atomic mass is 19.4. The summed E-state index contributed by atoms with van der Waals surface area (Å²) in [5.74, 6) is -6.85. The Morgan fingerprint density at radius 3 is 2.20 bits per heavy atom. The summed E-state index contributed by atoms with van der Waals surface area (Å²) >= 11 is 0. The molecule has 0 fully saturated rings. The zero-order chi connectivity index (χ0) is 30.4. The van der Waals surface area contributed by atoms with E-state index in [2.05, 4.69) is 25.6 Å². The van der Waals surface area contributed by atoms with E-state index in [9.17, 15) is 45.5 Å². The van der Waals surface area contributed by atoms with Crippen LogP contribution in [0.3, 0.4) is 0 Å². The molecule has 1 aliphatic rings. The molecule has 3 aromatic heterocycles. The van der Waals surface area contributed by atoms with Gasteiger partial charge in [-0.1, -0.05) is 0 Å². The first kappa shape index (κ1) is 31.0. The van der Waals surface area contributed by atoms with Crippen molar-refractivity contribution in [3.05, 3.63) is 59.7 Å². The van der Waals surface area contributed by atoms with Crippen LogP contribution in [-0.4, -0.2) is 63.8 Å². The number of amides is 2. The summed E-state index contributed by atoms with van der Waals surface area (Å²) in [5.41, 5.74) is 6.35. The maximum absolute atomic E-state index is 12.0. The largest absolute Gasteiger partial charge is 0.458 e. The first-order valence-corrected chi connectivity index (χ1v) is 12.1. The zero-order valence-corrected chi connectivity index (χ0v) is 21.4. The van der Waals surface area contributed by atoms with Crippen molar-refractivity contribution in [1.82, 2.24) is 25.6 Å². The van der Waals surface area contributed by atoms with Crippen LogP contribution in [0.15, 0.2) is 42.7 Å². The van der Waals surface area contributed by atoms with E-state index in [0.29, 0.717) is 13.1 Å². The van der Waals surface area contributed by atoms with Gasteiger partial charge in [0.1, 0.15) is 0 Å². The van der Waals surface area contributed by atoms with Crippen molar-refractivity contribution in [3.63, 3.8) is 0 Å². The Morgan fingerprint density at radius 1 is 0.951 bits per heavy atom. The monoisotopic (exact) mass is 583 g/mol. The molecular formula is C26H23F6N5O4. The standard InChI is InChI=1S/C22H23N5O2.C4F6O2/c1-14(28)23-8-2-3-17-5-4-16(13-26-17)20-11-15(6-9-24-20)21-12-18-19(27-21)7-10-25-22(18)29;5-3(6,7)1(11)2(12)4(8,9)10/h4-6,9,11-13,27H,2-3,7-8,10H2,1H3,(H,23,28)(H,25,29);. The van der Waals surface area contributed by atoms with Gasteiger partial charge in [0.2, 0.25) is 5.91 Å². The number of hydrogen-bond acceptors (Lipinski definition) is 6. The Bertz CT molecular complexity index is 1410. The molecular weight excluding hydrogens is 560 g/mol. The van der Waals surface area contributed by atoms with Gasteiger partial charge < -0.3 is 15.6 Å². The van der Waals surface area contributed by atoms with Gasteiger partial charge in [0, 0.05) is 67.0 Å². The molecule has 0 saturated carbocycles. The van der Waals surface area contributed by atoms with E-state index < -0.39 is 23.9 Å². The van der Waals surface area contributed by atoms with Crippen LogP contribution < -0.4 is 10.6 Å². The lowest BCUT2D eigenvalue weighted by atomic mass is 10.1. The number of nitrogens with one attached hydrogen (secondary N) is 3. The van der Waals surface area contributed by atoms with Crippen LogP contribution in [0, 0.1) is 0 Å². The number of aromatic nitrogens is 3. The predicted octanol–water partition coefficient (Wildman–Crippen LogP) is 3.74. The Kier molecular flexibility index (Phi) is 9.63. The molecule has 4 rings (SSSR count). The molecule has 4 heterocycles. The molecule has 15 heteroatoms. The van der Waals surface area contributed by atoms with Crippen molar-refractivity contribution in [2.75, 3.05) is 13.1 Å². The average Bonchev–Trinajstić information content (AvgIpc) is 3.36. The number of ketones is 2. The molecule has 1 aliphatic heterocycles. The molecule has 3 aromatic rings. The second-order valence-electron chi connectivity index (χ2n) is 8.79. The number of pyridine rings is 2. The maximum Gasteiger partial charge on any atom is 0.458 e. The maximum atomic E-state index is 12.0. The minimum Gasteiger partial charge on any atom is -0.358 e. The van der Waals surface area contributed by atoms with Crippen molar-refractivity contribution < 1.29 is 45.5 Å². The van der Waals surface area contributed by atoms with E-state index in [0.717, 1.165) is 58.7 Å². The van der Waals surface area contributed by atoms with Gasteiger partial charge in [0.05, 0.1) is 11.3 Å². The molecule has 0 spiro atoms. The van der Waals surface area contributed by atoms with Gasteiger partial charge in [-0.25, -0.2) is 0 Å². The molecule has 9 nitrogen and oxygen atoms in total. The SMILES string of the molecule is CC(=O)NCCCc1ccc(-c2cc(-c3cc4c([nH]3)CCNC4=O)ccn2)cn1.O=C(C(=O)C(F)(F)F)C(F)(F)F. The second-order valence-corrected chi connectivity index (χ2v) is 8.79. The number of nitrogens with zero attached hydrogens (tertiary/aromatic N) is 2. The second kappa shape index (κ2) is 12.7. The normalized spacial score (nSPS) is 12.9. The number of Topliss-reactive ketones (excluding diaryl/α,β-unsaturated/α-hetero) is 2. The number of fused-ring (bicyclic) bond motifs is 1. The molecule has 41 heavy (non-hydrogen) atoms. The van der Waals surface area contributed by atoms with Crippen molar-refractivity contribution in [2.45, 2.75) is 38.5 Å². The van der Waals surface area contributed by atoms with Crippen molar-refractivity contribution >= 4 is 23.4 Å². The molecule has 0 atom stereocenters. The summed E-state index contributed by atoms with van der Waals surface area (Å²) in [6, 6.07) is 9.85. The van der Waals surface area contributed by atoms with Crippen LogP contribution in [0.4, 0.5) is 26.3 Å². The molecule has 0 radical (unpaired) electrons. The highest BCUT2D eigenvalue weighted by molar-refractivity contribution is 6.41. The summed E-state index contributed by atoms with van der Waals surface area (Å²) in [7, 11) is 0. The summed E-state index contributed by atoms with van der Waals surface area (Å²) in [6.07, 6.45) is -5.47. The highest BCUT2D eigenvalue weighted by Crippen LogP contribution is 2.27. The quantitative estimate of drug-likeness (QED) is 0.221. The summed E-state index contributed by atoms with van der Waals surface area (Å²) < 4.78 is 67.0. The molecule has 0 aliphatic carbocycles. The number of H-pyrrole nitrogens is 1. The van der Waals surface area contributed by atoms with Crippen LogP contribution in [-0.2, 0) is 27.2 Å². The van der Waals surface area contributed by atoms with Gasteiger partial charge in [-0.3, -0.25) is 29.1 Å². The van der Waals surface area contributed by atoms with Crippen molar-refractivity contribution in [1.29, 1.82) is 0 Å². The number of hydrogen-bond donors (Lipinski definition) is 3. The van der Waals surface area contributed by atoms with E-state index >= 15 is 0 Å². The molecule has 0 saturated heterocycles. The first-order chi connectivity index (χ1) is 19.2. The van der Waals surface area contributed by atoms with E-state index in [-0.39, 0.29) is 11.8 Å². The van der Waals surface area contributed by atoms with Crippen molar-refractivity contribution in [2.24, 2.45) is 0 Å². The van der Waals surface area contributed by atoms with Crippen LogP contribution in [0.25, 0.3) is 22.5 Å². The first-order valence-electron chi connectivity index (χ1n) is 12.1. The van der Waals surface area contributed by atoms with Gasteiger partial charge >= 0.3 is 23.9 Å². The zero-order valence-electron chi connectivity index (χ0n) is 21.4. The minimum absolute atomic E-state index is 0.0113. The van der Waals surface area contributed by atoms with Gasteiger partial charge in [-0.2, -0.15) is 26.3 Å². The van der Waals surface area contributed by atoms with Crippen LogP contribution in [0.5, 0.6) is 0 Å². The lowest BCUT2D eigenvalue weighted by Gasteiger charge is -2.10. The van der Waals surface area contributed by atoms with E-state index in [1.165, 1.54) is 6.92 Å². The Labute approximate surface area is 228 Å². The Balaban J connectivity index is 0.000000327. The highest BCUT2D eigenvalue weighted by Gasteiger charge is 2.54. The number of aromatic amines is 1. The molecule has 0 unspecified atom stereocenters. The van der Waals surface area contributed by atoms with Crippen LogP contribution in [0.1, 0.15) is 35.1 Å². The third kappa shape index (κ3) is 8.46.